The molecule has 1 aromatic rings. The van der Waals surface area contributed by atoms with E-state index >= 15 is 0 Å². The summed E-state index contributed by atoms with van der Waals surface area (Å²) in [5, 5.41) is 2.81. The van der Waals surface area contributed by atoms with Crippen LogP contribution in [0.4, 0.5) is 4.39 Å². The first kappa shape index (κ1) is 13.1. The van der Waals surface area contributed by atoms with Crippen molar-refractivity contribution in [2.45, 2.75) is 39.0 Å². The van der Waals surface area contributed by atoms with Crippen LogP contribution in [0, 0.1) is 18.7 Å². The van der Waals surface area contributed by atoms with Crippen molar-refractivity contribution in [3.8, 4) is 0 Å². The summed E-state index contributed by atoms with van der Waals surface area (Å²) in [4.78, 5) is 11.8. The summed E-state index contributed by atoms with van der Waals surface area (Å²) >= 11 is 0. The van der Waals surface area contributed by atoms with Gasteiger partial charge in [-0.3, -0.25) is 4.79 Å². The second-order valence-corrected chi connectivity index (χ2v) is 5.18. The molecular formula is C15H20FNO. The predicted octanol–water partition coefficient (Wildman–Crippen LogP) is 3.44. The van der Waals surface area contributed by atoms with Gasteiger partial charge in [0.05, 0.1) is 5.56 Å². The molecule has 98 valence electrons. The molecule has 0 unspecified atom stereocenters. The number of amides is 1. The minimum absolute atomic E-state index is 0.154. The molecule has 0 aliphatic heterocycles. The molecule has 1 aliphatic carbocycles. The van der Waals surface area contributed by atoms with Gasteiger partial charge in [-0.25, -0.2) is 4.39 Å². The molecule has 0 aromatic heterocycles. The van der Waals surface area contributed by atoms with Crippen LogP contribution in [0.15, 0.2) is 18.2 Å². The van der Waals surface area contributed by atoms with Crippen LogP contribution in [0.3, 0.4) is 0 Å². The number of hydrogen-bond donors (Lipinski definition) is 1. The molecule has 3 heteroatoms. The molecule has 1 aromatic carbocycles. The van der Waals surface area contributed by atoms with Crippen molar-refractivity contribution in [1.82, 2.24) is 5.32 Å². The van der Waals surface area contributed by atoms with Crippen LogP contribution >= 0.6 is 0 Å². The Morgan fingerprint density at radius 2 is 2.11 bits per heavy atom. The second-order valence-electron chi connectivity index (χ2n) is 5.18. The Hall–Kier alpha value is -1.38. The Bertz CT molecular complexity index is 425. The molecule has 1 fully saturated rings. The smallest absolute Gasteiger partial charge is 0.254 e. The van der Waals surface area contributed by atoms with Gasteiger partial charge in [-0.2, -0.15) is 0 Å². The zero-order valence-corrected chi connectivity index (χ0v) is 10.8. The molecule has 2 nitrogen and oxygen atoms in total. The average molecular weight is 249 g/mol. The topological polar surface area (TPSA) is 29.1 Å². The lowest BCUT2D eigenvalue weighted by Gasteiger charge is -2.10. The van der Waals surface area contributed by atoms with E-state index < -0.39 is 5.82 Å². The normalized spacial score (nSPS) is 15.9. The largest absolute Gasteiger partial charge is 0.352 e. The highest BCUT2D eigenvalue weighted by molar-refractivity contribution is 5.94. The number of aryl methyl sites for hydroxylation is 1. The second kappa shape index (κ2) is 5.98. The lowest BCUT2D eigenvalue weighted by molar-refractivity contribution is 0.0947. The molecule has 18 heavy (non-hydrogen) atoms. The van der Waals surface area contributed by atoms with Gasteiger partial charge >= 0.3 is 0 Å². The van der Waals surface area contributed by atoms with Crippen molar-refractivity contribution < 1.29 is 9.18 Å². The monoisotopic (exact) mass is 249 g/mol. The Morgan fingerprint density at radius 1 is 1.39 bits per heavy atom. The standard InChI is InChI=1S/C15H20FNO/c1-11-6-7-14(16)13(10-11)15(18)17-9-8-12-4-2-3-5-12/h6-7,10,12H,2-5,8-9H2,1H3,(H,17,18). The molecule has 1 N–H and O–H groups in total. The minimum Gasteiger partial charge on any atom is -0.352 e. The first-order valence-corrected chi connectivity index (χ1v) is 6.71. The van der Waals surface area contributed by atoms with Crippen molar-refractivity contribution in [1.29, 1.82) is 0 Å². The summed E-state index contributed by atoms with van der Waals surface area (Å²) in [6.45, 7) is 2.51. The molecule has 0 bridgehead atoms. The quantitative estimate of drug-likeness (QED) is 0.870. The van der Waals surface area contributed by atoms with Crippen LogP contribution in [-0.2, 0) is 0 Å². The van der Waals surface area contributed by atoms with E-state index in [1.807, 2.05) is 6.92 Å². The highest BCUT2D eigenvalue weighted by Crippen LogP contribution is 2.26. The highest BCUT2D eigenvalue weighted by Gasteiger charge is 2.16. The van der Waals surface area contributed by atoms with Gasteiger partial charge in [0.15, 0.2) is 0 Å². The van der Waals surface area contributed by atoms with E-state index in [0.29, 0.717) is 6.54 Å². The minimum atomic E-state index is -0.445. The van der Waals surface area contributed by atoms with Crippen LogP contribution in [-0.4, -0.2) is 12.5 Å². The SMILES string of the molecule is Cc1ccc(F)c(C(=O)NCCC2CCCC2)c1. The first-order chi connectivity index (χ1) is 8.66. The van der Waals surface area contributed by atoms with Gasteiger partial charge in [-0.15, -0.1) is 0 Å². The van der Waals surface area contributed by atoms with Gasteiger partial charge < -0.3 is 5.32 Å². The van der Waals surface area contributed by atoms with Crippen molar-refractivity contribution in [2.75, 3.05) is 6.54 Å². The van der Waals surface area contributed by atoms with Crippen LogP contribution in [0.1, 0.15) is 48.0 Å². The fraction of sp³-hybridized carbons (Fsp3) is 0.533. The molecule has 0 spiro atoms. The van der Waals surface area contributed by atoms with E-state index in [2.05, 4.69) is 5.32 Å². The zero-order valence-electron chi connectivity index (χ0n) is 10.8. The number of nitrogens with one attached hydrogen (secondary N) is 1. The number of benzene rings is 1. The van der Waals surface area contributed by atoms with Crippen LogP contribution in [0.2, 0.25) is 0 Å². The maximum Gasteiger partial charge on any atom is 0.254 e. The Labute approximate surface area is 108 Å². The lowest BCUT2D eigenvalue weighted by atomic mass is 10.0. The maximum atomic E-state index is 13.5. The van der Waals surface area contributed by atoms with Crippen LogP contribution in [0.25, 0.3) is 0 Å². The predicted molar refractivity (Wildman–Crippen MR) is 70.0 cm³/mol. The van der Waals surface area contributed by atoms with E-state index in [1.165, 1.54) is 31.7 Å². The molecule has 2 rings (SSSR count). The van der Waals surface area contributed by atoms with Crippen LogP contribution < -0.4 is 5.32 Å². The van der Waals surface area contributed by atoms with E-state index in [1.54, 1.807) is 12.1 Å². The fourth-order valence-electron chi connectivity index (χ4n) is 2.60. The molecule has 1 saturated carbocycles. The number of hydrogen-bond acceptors (Lipinski definition) is 1. The molecular weight excluding hydrogens is 229 g/mol. The van der Waals surface area contributed by atoms with Gasteiger partial charge in [0.1, 0.15) is 5.82 Å². The van der Waals surface area contributed by atoms with Crippen molar-refractivity contribution >= 4 is 5.91 Å². The molecule has 0 heterocycles. The first-order valence-electron chi connectivity index (χ1n) is 6.71. The van der Waals surface area contributed by atoms with E-state index in [-0.39, 0.29) is 11.5 Å². The van der Waals surface area contributed by atoms with Crippen molar-refractivity contribution in [3.05, 3.63) is 35.1 Å². The van der Waals surface area contributed by atoms with Gasteiger partial charge in [0.25, 0.3) is 5.91 Å². The Balaban J connectivity index is 1.85. The van der Waals surface area contributed by atoms with Gasteiger partial charge in [-0.05, 0) is 31.4 Å². The average Bonchev–Trinajstić information content (AvgIpc) is 2.85. The van der Waals surface area contributed by atoms with E-state index in [9.17, 15) is 9.18 Å². The Kier molecular flexibility index (Phi) is 4.34. The molecule has 0 atom stereocenters. The third-order valence-electron chi connectivity index (χ3n) is 3.68. The highest BCUT2D eigenvalue weighted by atomic mass is 19.1. The molecule has 0 saturated heterocycles. The number of carbonyl (C=O) groups is 1. The molecule has 0 radical (unpaired) electrons. The Morgan fingerprint density at radius 3 is 2.83 bits per heavy atom. The number of carbonyl (C=O) groups excluding carboxylic acids is 1. The van der Waals surface area contributed by atoms with Gasteiger partial charge in [0.2, 0.25) is 0 Å². The summed E-state index contributed by atoms with van der Waals surface area (Å²) in [6.07, 6.45) is 6.18. The van der Waals surface area contributed by atoms with E-state index in [4.69, 9.17) is 0 Å². The summed E-state index contributed by atoms with van der Waals surface area (Å²) in [6, 6.07) is 4.62. The van der Waals surface area contributed by atoms with Crippen molar-refractivity contribution in [3.63, 3.8) is 0 Å². The fourth-order valence-corrected chi connectivity index (χ4v) is 2.60. The lowest BCUT2D eigenvalue weighted by Crippen LogP contribution is -2.26. The van der Waals surface area contributed by atoms with Crippen molar-refractivity contribution in [2.24, 2.45) is 5.92 Å². The summed E-state index contributed by atoms with van der Waals surface area (Å²) < 4.78 is 13.5. The number of halogens is 1. The molecule has 1 amide bonds. The van der Waals surface area contributed by atoms with Crippen LogP contribution in [0.5, 0.6) is 0 Å². The molecule has 1 aliphatic rings. The summed E-state index contributed by atoms with van der Waals surface area (Å²) in [5.41, 5.74) is 1.05. The summed E-state index contributed by atoms with van der Waals surface area (Å²) in [7, 11) is 0. The summed E-state index contributed by atoms with van der Waals surface area (Å²) in [5.74, 6) is 0.000759. The number of rotatable bonds is 4. The van der Waals surface area contributed by atoms with E-state index in [0.717, 1.165) is 17.9 Å². The maximum absolute atomic E-state index is 13.5. The zero-order chi connectivity index (χ0) is 13.0. The third-order valence-corrected chi connectivity index (χ3v) is 3.68. The van der Waals surface area contributed by atoms with Gasteiger partial charge in [0, 0.05) is 6.54 Å². The third kappa shape index (κ3) is 3.31. The van der Waals surface area contributed by atoms with Gasteiger partial charge in [-0.1, -0.05) is 37.3 Å².